The summed E-state index contributed by atoms with van der Waals surface area (Å²) in [6, 6.07) is 24.7. The SMILES string of the molecule is Cc1cccc(N(c2cccc(C)c2)c2ccc3c(c2)C(C)(C)CCC3(C)C)c1. The van der Waals surface area contributed by atoms with Gasteiger partial charge in [-0.25, -0.2) is 0 Å². The van der Waals surface area contributed by atoms with E-state index < -0.39 is 0 Å². The number of rotatable bonds is 3. The van der Waals surface area contributed by atoms with Gasteiger partial charge in [0.25, 0.3) is 0 Å². The third kappa shape index (κ3) is 3.71. The first-order chi connectivity index (χ1) is 13.7. The van der Waals surface area contributed by atoms with Crippen molar-refractivity contribution in [3.8, 4) is 0 Å². The summed E-state index contributed by atoms with van der Waals surface area (Å²) in [6.45, 7) is 13.9. The van der Waals surface area contributed by atoms with E-state index in [1.54, 1.807) is 0 Å². The minimum atomic E-state index is 0.200. The molecule has 0 saturated carbocycles. The zero-order valence-electron chi connectivity index (χ0n) is 18.7. The Kier molecular flexibility index (Phi) is 4.81. The number of anilines is 3. The topological polar surface area (TPSA) is 3.24 Å². The van der Waals surface area contributed by atoms with Crippen LogP contribution in [0.2, 0.25) is 0 Å². The molecule has 150 valence electrons. The Hall–Kier alpha value is -2.54. The molecule has 4 rings (SSSR count). The molecule has 0 fully saturated rings. The van der Waals surface area contributed by atoms with E-state index in [1.807, 2.05) is 0 Å². The molecule has 1 aliphatic carbocycles. The standard InChI is InChI=1S/C28H33N/c1-20-9-7-11-22(17-20)29(23-12-8-10-21(2)18-23)24-13-14-25-26(19-24)28(5,6)16-15-27(25,3)4/h7-14,17-19H,15-16H2,1-6H3. The lowest BCUT2D eigenvalue weighted by molar-refractivity contribution is 0.332. The number of fused-ring (bicyclic) bond motifs is 1. The Morgan fingerprint density at radius 3 is 1.59 bits per heavy atom. The normalized spacial score (nSPS) is 16.9. The lowest BCUT2D eigenvalue weighted by Gasteiger charge is -2.42. The number of benzene rings is 3. The molecule has 1 aliphatic rings. The van der Waals surface area contributed by atoms with Crippen molar-refractivity contribution in [2.75, 3.05) is 4.90 Å². The zero-order valence-corrected chi connectivity index (χ0v) is 18.7. The summed E-state index contributed by atoms with van der Waals surface area (Å²) in [5.74, 6) is 0. The minimum absolute atomic E-state index is 0.200. The third-order valence-corrected chi connectivity index (χ3v) is 6.61. The second-order valence-corrected chi connectivity index (χ2v) is 10.0. The van der Waals surface area contributed by atoms with Gasteiger partial charge < -0.3 is 4.90 Å². The van der Waals surface area contributed by atoms with Gasteiger partial charge in [0.2, 0.25) is 0 Å². The molecule has 0 atom stereocenters. The predicted octanol–water partition coefficient (Wildman–Crippen LogP) is 8.12. The molecule has 0 N–H and O–H groups in total. The van der Waals surface area contributed by atoms with E-state index >= 15 is 0 Å². The lowest BCUT2D eigenvalue weighted by atomic mass is 9.63. The van der Waals surface area contributed by atoms with E-state index in [9.17, 15) is 0 Å². The maximum atomic E-state index is 2.45. The predicted molar refractivity (Wildman–Crippen MR) is 126 cm³/mol. The second kappa shape index (κ2) is 7.06. The van der Waals surface area contributed by atoms with Crippen molar-refractivity contribution in [3.05, 3.63) is 89.0 Å². The first kappa shape index (κ1) is 19.8. The number of nitrogens with zero attached hydrogens (tertiary/aromatic N) is 1. The summed E-state index contributed by atoms with van der Waals surface area (Å²) in [7, 11) is 0. The fourth-order valence-corrected chi connectivity index (χ4v) is 4.70. The van der Waals surface area contributed by atoms with Gasteiger partial charge in [0, 0.05) is 17.1 Å². The van der Waals surface area contributed by atoms with Crippen molar-refractivity contribution in [1.82, 2.24) is 0 Å². The monoisotopic (exact) mass is 383 g/mol. The molecular formula is C28H33N. The number of aryl methyl sites for hydroxylation is 2. The summed E-state index contributed by atoms with van der Waals surface area (Å²) in [4.78, 5) is 2.40. The highest BCUT2D eigenvalue weighted by Crippen LogP contribution is 2.48. The molecule has 0 spiro atoms. The fourth-order valence-electron chi connectivity index (χ4n) is 4.70. The molecule has 3 aromatic rings. The van der Waals surface area contributed by atoms with Crippen molar-refractivity contribution < 1.29 is 0 Å². The molecule has 0 amide bonds. The van der Waals surface area contributed by atoms with Gasteiger partial charge in [-0.1, -0.05) is 58.0 Å². The number of hydrogen-bond donors (Lipinski definition) is 0. The highest BCUT2D eigenvalue weighted by Gasteiger charge is 2.37. The molecule has 29 heavy (non-hydrogen) atoms. The van der Waals surface area contributed by atoms with Crippen molar-refractivity contribution in [3.63, 3.8) is 0 Å². The van der Waals surface area contributed by atoms with E-state index in [0.29, 0.717) is 0 Å². The second-order valence-electron chi connectivity index (χ2n) is 10.0. The minimum Gasteiger partial charge on any atom is -0.310 e. The van der Waals surface area contributed by atoms with Crippen LogP contribution >= 0.6 is 0 Å². The van der Waals surface area contributed by atoms with E-state index in [-0.39, 0.29) is 10.8 Å². The molecule has 1 nitrogen and oxygen atoms in total. The molecule has 0 bridgehead atoms. The van der Waals surface area contributed by atoms with Gasteiger partial charge in [-0.05, 0) is 96.2 Å². The molecule has 3 aromatic carbocycles. The smallest absolute Gasteiger partial charge is 0.0464 e. The van der Waals surface area contributed by atoms with E-state index in [0.717, 1.165) is 0 Å². The average Bonchev–Trinajstić information content (AvgIpc) is 2.66. The first-order valence-corrected chi connectivity index (χ1v) is 10.8. The van der Waals surface area contributed by atoms with Crippen LogP contribution in [0, 0.1) is 13.8 Å². The van der Waals surface area contributed by atoms with Gasteiger partial charge in [0.05, 0.1) is 0 Å². The molecule has 0 radical (unpaired) electrons. The summed E-state index contributed by atoms with van der Waals surface area (Å²) < 4.78 is 0. The van der Waals surface area contributed by atoms with Crippen molar-refractivity contribution >= 4 is 17.1 Å². The highest BCUT2D eigenvalue weighted by atomic mass is 15.1. The Labute approximate surface area is 176 Å². The molecule has 1 heteroatoms. The van der Waals surface area contributed by atoms with Gasteiger partial charge in [-0.2, -0.15) is 0 Å². The van der Waals surface area contributed by atoms with Gasteiger partial charge in [-0.15, -0.1) is 0 Å². The van der Waals surface area contributed by atoms with E-state index in [2.05, 4.69) is 113 Å². The van der Waals surface area contributed by atoms with Crippen LogP contribution in [-0.2, 0) is 10.8 Å². The molecule has 0 aliphatic heterocycles. The molecule has 0 heterocycles. The average molecular weight is 384 g/mol. The van der Waals surface area contributed by atoms with Crippen LogP contribution < -0.4 is 4.90 Å². The largest absolute Gasteiger partial charge is 0.310 e. The van der Waals surface area contributed by atoms with Crippen LogP contribution in [0.3, 0.4) is 0 Å². The van der Waals surface area contributed by atoms with Crippen molar-refractivity contribution in [2.45, 2.75) is 65.2 Å². The van der Waals surface area contributed by atoms with Gasteiger partial charge in [0.15, 0.2) is 0 Å². The van der Waals surface area contributed by atoms with E-state index in [4.69, 9.17) is 0 Å². The zero-order chi connectivity index (χ0) is 20.8. The van der Waals surface area contributed by atoms with Crippen LogP contribution in [0.4, 0.5) is 17.1 Å². The Bertz CT molecular complexity index is 996. The quantitative estimate of drug-likeness (QED) is 0.441. The maximum absolute atomic E-state index is 2.45. The van der Waals surface area contributed by atoms with Gasteiger partial charge >= 0.3 is 0 Å². The fraction of sp³-hybridized carbons (Fsp3) is 0.357. The lowest BCUT2D eigenvalue weighted by Crippen LogP contribution is -2.34. The maximum Gasteiger partial charge on any atom is 0.0464 e. The summed E-state index contributed by atoms with van der Waals surface area (Å²) in [6.07, 6.45) is 2.47. The summed E-state index contributed by atoms with van der Waals surface area (Å²) in [5.41, 5.74) is 9.66. The number of hydrogen-bond acceptors (Lipinski definition) is 1. The Morgan fingerprint density at radius 1 is 0.586 bits per heavy atom. The van der Waals surface area contributed by atoms with Crippen LogP contribution in [0.25, 0.3) is 0 Å². The van der Waals surface area contributed by atoms with Gasteiger partial charge in [-0.3, -0.25) is 0 Å². The first-order valence-electron chi connectivity index (χ1n) is 10.8. The Morgan fingerprint density at radius 2 is 1.07 bits per heavy atom. The van der Waals surface area contributed by atoms with Crippen LogP contribution in [-0.4, -0.2) is 0 Å². The van der Waals surface area contributed by atoms with Crippen LogP contribution in [0.1, 0.15) is 62.8 Å². The van der Waals surface area contributed by atoms with Crippen molar-refractivity contribution in [1.29, 1.82) is 0 Å². The van der Waals surface area contributed by atoms with E-state index in [1.165, 1.54) is 52.2 Å². The molecule has 0 aromatic heterocycles. The molecule has 0 unspecified atom stereocenters. The van der Waals surface area contributed by atoms with Gasteiger partial charge in [0.1, 0.15) is 0 Å². The van der Waals surface area contributed by atoms with Crippen LogP contribution in [0.15, 0.2) is 66.7 Å². The van der Waals surface area contributed by atoms with Crippen molar-refractivity contribution in [2.24, 2.45) is 0 Å². The molecule has 0 saturated heterocycles. The Balaban J connectivity index is 1.92. The summed E-state index contributed by atoms with van der Waals surface area (Å²) >= 11 is 0. The van der Waals surface area contributed by atoms with Crippen LogP contribution in [0.5, 0.6) is 0 Å². The highest BCUT2D eigenvalue weighted by molar-refractivity contribution is 5.78. The summed E-state index contributed by atoms with van der Waals surface area (Å²) in [5, 5.41) is 0. The third-order valence-electron chi connectivity index (χ3n) is 6.61. The molecular weight excluding hydrogens is 350 g/mol.